The Kier molecular flexibility index (Phi) is 7.50. The summed E-state index contributed by atoms with van der Waals surface area (Å²) in [7, 11) is -2.33. The quantitative estimate of drug-likeness (QED) is 0.263. The van der Waals surface area contributed by atoms with E-state index in [1.165, 1.54) is 10.8 Å². The zero-order chi connectivity index (χ0) is 24.3. The van der Waals surface area contributed by atoms with Gasteiger partial charge in [-0.1, -0.05) is 0 Å². The summed E-state index contributed by atoms with van der Waals surface area (Å²) in [6.45, 7) is 11.1. The third kappa shape index (κ3) is 6.22. The van der Waals surface area contributed by atoms with Crippen LogP contribution in [0.5, 0.6) is 0 Å². The average molecular weight is 476 g/mol. The highest BCUT2D eigenvalue weighted by Gasteiger charge is 2.44. The van der Waals surface area contributed by atoms with Gasteiger partial charge < -0.3 is 18.0 Å². The predicted octanol–water partition coefficient (Wildman–Crippen LogP) is 1.91. The second kappa shape index (κ2) is 10.5. The second-order valence-corrected chi connectivity index (χ2v) is 11.0. The van der Waals surface area contributed by atoms with Gasteiger partial charge >= 0.3 is 5.69 Å². The number of nitrogens with zero attached hydrogens (tertiary/aromatic N) is 2. The molecule has 1 aromatic heterocycles. The molecule has 0 saturated carbocycles. The SMILES string of the molecule is [2H]B([3H])CSOCC1OC(n2cc(C)c(=O)[nH]c2=O)CC1OP1O[C@H](C)CCN1C(C)(C)C. The first-order chi connectivity index (χ1) is 15.5. The summed E-state index contributed by atoms with van der Waals surface area (Å²) in [4.78, 5) is 26.5. The molecule has 31 heavy (non-hydrogen) atoms. The Bertz CT molecular complexity index is 917. The van der Waals surface area contributed by atoms with E-state index in [0.717, 1.165) is 25.0 Å². The van der Waals surface area contributed by atoms with Gasteiger partial charge in [-0.3, -0.25) is 14.3 Å². The number of aromatic nitrogens is 2. The fraction of sp³-hybridized carbons (Fsp3) is 0.789. The highest BCUT2D eigenvalue weighted by Crippen LogP contribution is 2.54. The van der Waals surface area contributed by atoms with Crippen LogP contribution < -0.4 is 11.2 Å². The van der Waals surface area contributed by atoms with E-state index < -0.39 is 46.0 Å². The van der Waals surface area contributed by atoms with E-state index in [0.29, 0.717) is 12.0 Å². The Morgan fingerprint density at radius 1 is 1.52 bits per heavy atom. The van der Waals surface area contributed by atoms with Gasteiger partial charge in [-0.2, -0.15) is 0 Å². The van der Waals surface area contributed by atoms with Crippen LogP contribution in [0.2, 0.25) is 0 Å². The number of hydrogen-bond acceptors (Lipinski definition) is 8. The summed E-state index contributed by atoms with van der Waals surface area (Å²) in [6, 6.07) is 0. The normalized spacial score (nSPS) is 30.8. The molecule has 5 atom stereocenters. The van der Waals surface area contributed by atoms with Gasteiger partial charge in [-0.15, -0.1) is 0 Å². The Morgan fingerprint density at radius 2 is 2.29 bits per heavy atom. The van der Waals surface area contributed by atoms with E-state index in [-0.39, 0.29) is 23.9 Å². The molecular formula is C19H33BN3O6PS. The third-order valence-electron chi connectivity index (χ3n) is 5.23. The van der Waals surface area contributed by atoms with Crippen LogP contribution >= 0.6 is 20.6 Å². The summed E-state index contributed by atoms with van der Waals surface area (Å²) < 4.78 is 42.6. The van der Waals surface area contributed by atoms with E-state index in [9.17, 15) is 9.59 Å². The summed E-state index contributed by atoms with van der Waals surface area (Å²) in [5.74, 6) is 0. The molecule has 3 rings (SSSR count). The topological polar surface area (TPSA) is 95.0 Å². The van der Waals surface area contributed by atoms with E-state index in [1.807, 2.05) is 6.92 Å². The number of rotatable bonds is 8. The van der Waals surface area contributed by atoms with Crippen molar-refractivity contribution >= 4 is 28.3 Å². The molecule has 0 spiro atoms. The first-order valence-electron chi connectivity index (χ1n) is 11.6. The van der Waals surface area contributed by atoms with Crippen LogP contribution in [0.25, 0.3) is 0 Å². The molecule has 12 heteroatoms. The minimum absolute atomic E-state index is 0.0774. The van der Waals surface area contributed by atoms with Gasteiger partial charge in [0.15, 0.2) is 0 Å². The Hall–Kier alpha value is -0.675. The molecule has 0 radical (unpaired) electrons. The maximum absolute atomic E-state index is 12.4. The molecule has 0 amide bonds. The van der Waals surface area contributed by atoms with Gasteiger partial charge in [-0.25, -0.2) is 9.46 Å². The molecule has 2 aliphatic rings. The maximum Gasteiger partial charge on any atom is 0.330 e. The highest BCUT2D eigenvalue weighted by molar-refractivity contribution is 7.95. The van der Waals surface area contributed by atoms with E-state index >= 15 is 0 Å². The first kappa shape index (κ1) is 22.1. The van der Waals surface area contributed by atoms with Gasteiger partial charge in [-0.05, 0) is 61.4 Å². The highest BCUT2D eigenvalue weighted by atomic mass is 32.2. The van der Waals surface area contributed by atoms with Gasteiger partial charge in [0.25, 0.3) is 14.1 Å². The Morgan fingerprint density at radius 3 is 3.00 bits per heavy atom. The molecule has 2 fully saturated rings. The Balaban J connectivity index is 1.79. The van der Waals surface area contributed by atoms with Crippen LogP contribution in [-0.2, 0) is 18.0 Å². The Labute approximate surface area is 192 Å². The molecule has 9 nitrogen and oxygen atoms in total. The van der Waals surface area contributed by atoms with Gasteiger partial charge in [0.2, 0.25) is 0 Å². The van der Waals surface area contributed by atoms with Gasteiger partial charge in [0.1, 0.15) is 20.1 Å². The number of aromatic amines is 1. The van der Waals surface area contributed by atoms with Crippen molar-refractivity contribution in [3.8, 4) is 0 Å². The zero-order valence-corrected chi connectivity index (χ0v) is 20.4. The van der Waals surface area contributed by atoms with Crippen LogP contribution in [0.4, 0.5) is 0 Å². The lowest BCUT2D eigenvalue weighted by Crippen LogP contribution is -2.44. The van der Waals surface area contributed by atoms with Crippen molar-refractivity contribution in [1.82, 2.24) is 14.2 Å². The monoisotopic (exact) mass is 476 g/mol. The smallest absolute Gasteiger partial charge is 0.330 e. The van der Waals surface area contributed by atoms with Crippen molar-refractivity contribution in [3.63, 3.8) is 0 Å². The third-order valence-corrected chi connectivity index (χ3v) is 7.86. The van der Waals surface area contributed by atoms with Crippen molar-refractivity contribution in [1.29, 1.82) is 2.67 Å². The first-order valence-corrected chi connectivity index (χ1v) is 12.5. The standard InChI is InChI=1S/C19H33BN3O6PS/c1-12-9-22(18(25)21-17(12)24)16-8-14(15(27-16)10-26-31-11-20)29-30-23(19(3,4)5)7-6-13(2)28-30/h9,13-16H,6-8,10-11,20H2,1-5H3,(H,21,24,25)/t13-,14?,15?,16?,30?/m1/s1/i20TD. The minimum atomic E-state index is -1.35. The molecule has 0 aliphatic carbocycles. The molecule has 2 saturated heterocycles. The number of ether oxygens (including phenoxy) is 1. The number of H-pyrrole nitrogens is 1. The lowest BCUT2D eigenvalue weighted by molar-refractivity contribution is -0.0386. The van der Waals surface area contributed by atoms with Crippen molar-refractivity contribution in [2.45, 2.75) is 77.5 Å². The van der Waals surface area contributed by atoms with Crippen LogP contribution in [0.3, 0.4) is 0 Å². The van der Waals surface area contributed by atoms with E-state index in [2.05, 4.69) is 30.4 Å². The van der Waals surface area contributed by atoms with Crippen LogP contribution in [0, 0.1) is 6.92 Å². The molecule has 0 aromatic carbocycles. The average Bonchev–Trinajstić information content (AvgIpc) is 3.09. The lowest BCUT2D eigenvalue weighted by Gasteiger charge is -2.44. The van der Waals surface area contributed by atoms with Crippen LogP contribution in [0.1, 0.15) is 52.3 Å². The van der Waals surface area contributed by atoms with Crippen molar-refractivity contribution in [2.75, 3.05) is 18.8 Å². The fourth-order valence-corrected chi connectivity index (χ4v) is 5.76. The molecule has 174 valence electrons. The van der Waals surface area contributed by atoms with Gasteiger partial charge in [0, 0.05) is 30.3 Å². The molecule has 2 aliphatic heterocycles. The number of hydrogen-bond donors (Lipinski definition) is 1. The van der Waals surface area contributed by atoms with Gasteiger partial charge in [0.05, 0.1) is 18.8 Å². The van der Waals surface area contributed by atoms with Crippen molar-refractivity contribution < 1.29 is 18.0 Å². The number of nitrogens with one attached hydrogen (secondary N) is 1. The largest absolute Gasteiger partial charge is 0.349 e. The van der Waals surface area contributed by atoms with E-state index in [1.54, 1.807) is 6.92 Å². The predicted molar refractivity (Wildman–Crippen MR) is 125 cm³/mol. The molecule has 1 N–H and O–H groups in total. The zero-order valence-electron chi connectivity index (χ0n) is 20.7. The molecule has 1 aromatic rings. The maximum atomic E-state index is 12.4. The molecule has 0 bridgehead atoms. The lowest BCUT2D eigenvalue weighted by atomic mass is 10.1. The summed E-state index contributed by atoms with van der Waals surface area (Å²) >= 11 is 1.04. The fourth-order valence-electron chi connectivity index (χ4n) is 3.52. The van der Waals surface area contributed by atoms with Crippen molar-refractivity contribution in [3.05, 3.63) is 32.6 Å². The summed E-state index contributed by atoms with van der Waals surface area (Å²) in [5, 5.41) is 0. The summed E-state index contributed by atoms with van der Waals surface area (Å²) in [6.07, 6.45) is 1.36. The molecular weight excluding hydrogens is 440 g/mol. The van der Waals surface area contributed by atoms with E-state index in [4.69, 9.17) is 20.6 Å². The summed E-state index contributed by atoms with van der Waals surface area (Å²) in [5.41, 5.74) is -0.480. The minimum Gasteiger partial charge on any atom is -0.349 e. The van der Waals surface area contributed by atoms with Crippen LogP contribution in [-0.4, -0.2) is 67.3 Å². The second-order valence-electron chi connectivity index (χ2n) is 8.79. The molecule has 4 unspecified atom stereocenters. The van der Waals surface area contributed by atoms with Crippen LogP contribution in [0.15, 0.2) is 15.8 Å². The molecule has 3 heterocycles. The van der Waals surface area contributed by atoms with Crippen molar-refractivity contribution in [2.24, 2.45) is 0 Å². The number of aryl methyl sites for hydroxylation is 1.